The van der Waals surface area contributed by atoms with E-state index < -0.39 is 0 Å². The average molecular weight is 342 g/mol. The maximum absolute atomic E-state index is 13.0. The summed E-state index contributed by atoms with van der Waals surface area (Å²) in [6.07, 6.45) is 0.900. The van der Waals surface area contributed by atoms with E-state index in [-0.39, 0.29) is 17.8 Å². The van der Waals surface area contributed by atoms with Crippen LogP contribution in [-0.2, 0) is 11.3 Å². The van der Waals surface area contributed by atoms with Crippen molar-refractivity contribution >= 4 is 5.91 Å². The van der Waals surface area contributed by atoms with Crippen LogP contribution < -0.4 is 5.32 Å². The molecule has 25 heavy (non-hydrogen) atoms. The summed E-state index contributed by atoms with van der Waals surface area (Å²) in [6, 6.07) is 16.5. The number of hydrogen-bond donors (Lipinski definition) is 1. The fourth-order valence-electron chi connectivity index (χ4n) is 2.88. The van der Waals surface area contributed by atoms with Crippen LogP contribution in [-0.4, -0.2) is 24.4 Å². The van der Waals surface area contributed by atoms with Crippen molar-refractivity contribution in [3.05, 3.63) is 71.5 Å². The first-order valence-electron chi connectivity index (χ1n) is 8.71. The Labute approximate surface area is 149 Å². The van der Waals surface area contributed by atoms with Crippen molar-refractivity contribution in [1.29, 1.82) is 0 Å². The van der Waals surface area contributed by atoms with Crippen LogP contribution in [0, 0.1) is 11.7 Å². The Kier molecular flexibility index (Phi) is 7.14. The number of nitrogens with one attached hydrogen (secondary N) is 1. The molecule has 134 valence electrons. The van der Waals surface area contributed by atoms with Gasteiger partial charge in [-0.05, 0) is 42.6 Å². The molecule has 0 aliphatic heterocycles. The fourth-order valence-corrected chi connectivity index (χ4v) is 2.88. The SMILES string of the molecule is CC(C)C[C@@H](NC(=O)CN(C)Cc1ccc(F)cc1)c1ccccc1. The van der Waals surface area contributed by atoms with Gasteiger partial charge in [0.05, 0.1) is 12.6 Å². The smallest absolute Gasteiger partial charge is 0.234 e. The third-order valence-electron chi connectivity index (χ3n) is 4.02. The average Bonchev–Trinajstić information content (AvgIpc) is 2.56. The van der Waals surface area contributed by atoms with E-state index in [1.54, 1.807) is 12.1 Å². The van der Waals surface area contributed by atoms with Crippen LogP contribution in [0.25, 0.3) is 0 Å². The zero-order valence-corrected chi connectivity index (χ0v) is 15.2. The predicted molar refractivity (Wildman–Crippen MR) is 99.5 cm³/mol. The Morgan fingerprint density at radius 3 is 2.32 bits per heavy atom. The zero-order valence-electron chi connectivity index (χ0n) is 15.2. The van der Waals surface area contributed by atoms with Gasteiger partial charge in [-0.25, -0.2) is 4.39 Å². The van der Waals surface area contributed by atoms with Crippen molar-refractivity contribution in [1.82, 2.24) is 10.2 Å². The largest absolute Gasteiger partial charge is 0.348 e. The number of carbonyl (C=O) groups is 1. The molecule has 1 atom stereocenters. The molecule has 2 aromatic carbocycles. The van der Waals surface area contributed by atoms with Gasteiger partial charge in [0, 0.05) is 6.54 Å². The van der Waals surface area contributed by atoms with Gasteiger partial charge in [-0.3, -0.25) is 9.69 Å². The summed E-state index contributed by atoms with van der Waals surface area (Å²) in [5.41, 5.74) is 2.12. The highest BCUT2D eigenvalue weighted by atomic mass is 19.1. The van der Waals surface area contributed by atoms with Gasteiger partial charge in [0.15, 0.2) is 0 Å². The molecule has 0 fully saturated rings. The summed E-state index contributed by atoms with van der Waals surface area (Å²) in [5, 5.41) is 3.15. The third kappa shape index (κ3) is 6.67. The van der Waals surface area contributed by atoms with Gasteiger partial charge in [-0.1, -0.05) is 56.3 Å². The van der Waals surface area contributed by atoms with Crippen LogP contribution in [0.2, 0.25) is 0 Å². The minimum atomic E-state index is -0.247. The number of carbonyl (C=O) groups excluding carboxylic acids is 1. The molecule has 2 aromatic rings. The van der Waals surface area contributed by atoms with E-state index in [1.165, 1.54) is 12.1 Å². The van der Waals surface area contributed by atoms with E-state index in [1.807, 2.05) is 30.1 Å². The number of hydrogen-bond acceptors (Lipinski definition) is 2. The van der Waals surface area contributed by atoms with Crippen molar-refractivity contribution < 1.29 is 9.18 Å². The van der Waals surface area contributed by atoms with Crippen LogP contribution in [0.4, 0.5) is 4.39 Å². The van der Waals surface area contributed by atoms with E-state index in [4.69, 9.17) is 0 Å². The minimum absolute atomic E-state index is 0.000820. The molecule has 0 saturated heterocycles. The fraction of sp³-hybridized carbons (Fsp3) is 0.381. The Morgan fingerprint density at radius 2 is 1.72 bits per heavy atom. The Morgan fingerprint density at radius 1 is 1.08 bits per heavy atom. The minimum Gasteiger partial charge on any atom is -0.348 e. The maximum atomic E-state index is 13.0. The summed E-state index contributed by atoms with van der Waals surface area (Å²) in [7, 11) is 1.89. The monoisotopic (exact) mass is 342 g/mol. The van der Waals surface area contributed by atoms with Crippen molar-refractivity contribution in [3.8, 4) is 0 Å². The molecule has 0 saturated carbocycles. The first-order chi connectivity index (χ1) is 11.9. The van der Waals surface area contributed by atoms with Crippen molar-refractivity contribution in [2.75, 3.05) is 13.6 Å². The highest BCUT2D eigenvalue weighted by molar-refractivity contribution is 5.78. The van der Waals surface area contributed by atoms with Crippen LogP contribution in [0.15, 0.2) is 54.6 Å². The Bertz CT molecular complexity index is 655. The highest BCUT2D eigenvalue weighted by Crippen LogP contribution is 2.21. The molecule has 1 N–H and O–H groups in total. The van der Waals surface area contributed by atoms with E-state index in [0.29, 0.717) is 19.0 Å². The van der Waals surface area contributed by atoms with Crippen LogP contribution >= 0.6 is 0 Å². The van der Waals surface area contributed by atoms with Gasteiger partial charge in [0.1, 0.15) is 5.82 Å². The second kappa shape index (κ2) is 9.33. The molecule has 0 aliphatic carbocycles. The third-order valence-corrected chi connectivity index (χ3v) is 4.02. The molecule has 0 aliphatic rings. The quantitative estimate of drug-likeness (QED) is 0.781. The molecule has 3 nitrogen and oxygen atoms in total. The number of likely N-dealkylation sites (N-methyl/N-ethyl adjacent to an activating group) is 1. The molecule has 0 spiro atoms. The number of amides is 1. The number of nitrogens with zero attached hydrogens (tertiary/aromatic N) is 1. The lowest BCUT2D eigenvalue weighted by atomic mass is 9.97. The molecule has 0 heterocycles. The van der Waals surface area contributed by atoms with Gasteiger partial charge in [0.2, 0.25) is 5.91 Å². The topological polar surface area (TPSA) is 32.3 Å². The molecule has 1 amide bonds. The van der Waals surface area contributed by atoms with Gasteiger partial charge in [0.25, 0.3) is 0 Å². The number of benzene rings is 2. The van der Waals surface area contributed by atoms with E-state index in [9.17, 15) is 9.18 Å². The van der Waals surface area contributed by atoms with E-state index in [0.717, 1.165) is 17.5 Å². The zero-order chi connectivity index (χ0) is 18.2. The number of rotatable bonds is 8. The molecule has 0 bridgehead atoms. The predicted octanol–water partition coefficient (Wildman–Crippen LogP) is 4.16. The first kappa shape index (κ1) is 19.1. The van der Waals surface area contributed by atoms with Gasteiger partial charge < -0.3 is 5.32 Å². The molecule has 0 unspecified atom stereocenters. The summed E-state index contributed by atoms with van der Waals surface area (Å²) in [4.78, 5) is 14.4. The van der Waals surface area contributed by atoms with E-state index >= 15 is 0 Å². The van der Waals surface area contributed by atoms with Crippen molar-refractivity contribution in [3.63, 3.8) is 0 Å². The van der Waals surface area contributed by atoms with Crippen molar-refractivity contribution in [2.24, 2.45) is 5.92 Å². The maximum Gasteiger partial charge on any atom is 0.234 e. The standard InChI is InChI=1S/C21H27FN2O/c1-16(2)13-20(18-7-5-4-6-8-18)23-21(25)15-24(3)14-17-9-11-19(22)12-10-17/h4-12,16,20H,13-15H2,1-3H3,(H,23,25)/t20-/m1/s1. The molecule has 4 heteroatoms. The van der Waals surface area contributed by atoms with Gasteiger partial charge in [-0.15, -0.1) is 0 Å². The molecular weight excluding hydrogens is 315 g/mol. The van der Waals surface area contributed by atoms with E-state index in [2.05, 4.69) is 31.3 Å². The second-order valence-electron chi connectivity index (χ2n) is 6.96. The van der Waals surface area contributed by atoms with Crippen molar-refractivity contribution in [2.45, 2.75) is 32.9 Å². The molecular formula is C21H27FN2O. The lowest BCUT2D eigenvalue weighted by Gasteiger charge is -2.23. The Hall–Kier alpha value is -2.20. The molecule has 0 radical (unpaired) electrons. The van der Waals surface area contributed by atoms with Crippen LogP contribution in [0.1, 0.15) is 37.4 Å². The molecule has 2 rings (SSSR count). The first-order valence-corrected chi connectivity index (χ1v) is 8.71. The molecule has 0 aromatic heterocycles. The second-order valence-corrected chi connectivity index (χ2v) is 6.96. The van der Waals surface area contributed by atoms with Crippen LogP contribution in [0.5, 0.6) is 0 Å². The van der Waals surface area contributed by atoms with Gasteiger partial charge >= 0.3 is 0 Å². The summed E-state index contributed by atoms with van der Waals surface area (Å²) >= 11 is 0. The van der Waals surface area contributed by atoms with Gasteiger partial charge in [-0.2, -0.15) is 0 Å². The lowest BCUT2D eigenvalue weighted by Crippen LogP contribution is -2.37. The Balaban J connectivity index is 1.92. The normalized spacial score (nSPS) is 12.4. The lowest BCUT2D eigenvalue weighted by molar-refractivity contribution is -0.122. The number of halogens is 1. The summed E-state index contributed by atoms with van der Waals surface area (Å²) in [6.45, 7) is 5.22. The summed E-state index contributed by atoms with van der Waals surface area (Å²) < 4.78 is 13.0. The highest BCUT2D eigenvalue weighted by Gasteiger charge is 2.17. The van der Waals surface area contributed by atoms with Crippen LogP contribution in [0.3, 0.4) is 0 Å². The summed E-state index contributed by atoms with van der Waals surface area (Å²) in [5.74, 6) is 0.241.